The van der Waals surface area contributed by atoms with Crippen LogP contribution in [-0.4, -0.2) is 36.5 Å². The molecule has 0 spiro atoms. The van der Waals surface area contributed by atoms with Crippen LogP contribution in [0, 0.1) is 5.82 Å². The molecule has 8 nitrogen and oxygen atoms in total. The number of hydrogen-bond donors (Lipinski definition) is 0. The van der Waals surface area contributed by atoms with Crippen LogP contribution in [0.3, 0.4) is 0 Å². The van der Waals surface area contributed by atoms with E-state index in [1.165, 1.54) is 16.6 Å². The van der Waals surface area contributed by atoms with Gasteiger partial charge in [0.05, 0.1) is 17.9 Å². The molecule has 1 saturated carbocycles. The lowest BCUT2D eigenvalue weighted by Gasteiger charge is -2.05. The van der Waals surface area contributed by atoms with Gasteiger partial charge in [-0.1, -0.05) is 12.1 Å². The number of fused-ring (bicyclic) bond motifs is 3. The average Bonchev–Trinajstić information content (AvgIpc) is 3.44. The lowest BCUT2D eigenvalue weighted by molar-refractivity contribution is 0.181. The Morgan fingerprint density at radius 1 is 1.19 bits per heavy atom. The van der Waals surface area contributed by atoms with Crippen molar-refractivity contribution in [2.45, 2.75) is 25.5 Å². The van der Waals surface area contributed by atoms with Gasteiger partial charge in [-0.05, 0) is 30.5 Å². The van der Waals surface area contributed by atoms with E-state index in [9.17, 15) is 9.18 Å². The molecule has 136 valence electrons. The van der Waals surface area contributed by atoms with Gasteiger partial charge in [0.25, 0.3) is 5.56 Å². The zero-order chi connectivity index (χ0) is 18.5. The third-order valence-electron chi connectivity index (χ3n) is 4.69. The van der Waals surface area contributed by atoms with Crippen molar-refractivity contribution < 1.29 is 9.13 Å². The molecule has 9 heteroatoms. The molecule has 3 heterocycles. The van der Waals surface area contributed by atoms with Crippen LogP contribution in [0.25, 0.3) is 27.9 Å². The van der Waals surface area contributed by atoms with Gasteiger partial charge in [0.1, 0.15) is 12.1 Å². The quantitative estimate of drug-likeness (QED) is 0.550. The van der Waals surface area contributed by atoms with Gasteiger partial charge in [0, 0.05) is 13.2 Å². The molecule has 0 radical (unpaired) electrons. The van der Waals surface area contributed by atoms with E-state index in [1.807, 2.05) is 0 Å². The molecule has 0 saturated heterocycles. The van der Waals surface area contributed by atoms with Gasteiger partial charge in [0.15, 0.2) is 16.8 Å². The van der Waals surface area contributed by atoms with E-state index < -0.39 is 0 Å². The number of ether oxygens (including phenoxy) is 1. The fourth-order valence-corrected chi connectivity index (χ4v) is 3.24. The van der Waals surface area contributed by atoms with Crippen LogP contribution in [0.4, 0.5) is 4.39 Å². The predicted octanol–water partition coefficient (Wildman–Crippen LogP) is 2.12. The molecule has 4 aromatic rings. The number of rotatable bonds is 4. The first-order chi connectivity index (χ1) is 13.2. The minimum atomic E-state index is -0.331. The fraction of sp³-hybridized carbons (Fsp3) is 0.278. The van der Waals surface area contributed by atoms with E-state index in [0.29, 0.717) is 22.6 Å². The van der Waals surface area contributed by atoms with Gasteiger partial charge in [-0.15, -0.1) is 10.2 Å². The first kappa shape index (κ1) is 16.0. The third-order valence-corrected chi connectivity index (χ3v) is 4.69. The number of benzene rings is 1. The Bertz CT molecular complexity index is 1230. The van der Waals surface area contributed by atoms with Gasteiger partial charge in [-0.25, -0.2) is 9.37 Å². The molecule has 1 aliphatic rings. The van der Waals surface area contributed by atoms with Crippen molar-refractivity contribution in [3.63, 3.8) is 0 Å². The van der Waals surface area contributed by atoms with Crippen LogP contribution in [0.1, 0.15) is 24.6 Å². The van der Waals surface area contributed by atoms with Crippen LogP contribution in [0.15, 0.2) is 35.4 Å². The van der Waals surface area contributed by atoms with Gasteiger partial charge < -0.3 is 4.74 Å². The maximum absolute atomic E-state index is 13.3. The van der Waals surface area contributed by atoms with E-state index in [0.717, 1.165) is 18.4 Å². The molecule has 1 aromatic carbocycles. The van der Waals surface area contributed by atoms with E-state index in [4.69, 9.17) is 4.74 Å². The van der Waals surface area contributed by atoms with Crippen molar-refractivity contribution in [3.05, 3.63) is 52.5 Å². The molecule has 1 fully saturated rings. The van der Waals surface area contributed by atoms with Crippen molar-refractivity contribution in [1.82, 2.24) is 29.4 Å². The molecular formula is C18H15FN6O2. The summed E-state index contributed by atoms with van der Waals surface area (Å²) < 4.78 is 21.7. The molecule has 0 N–H and O–H groups in total. The molecule has 0 atom stereocenters. The number of halogens is 1. The summed E-state index contributed by atoms with van der Waals surface area (Å²) in [5.41, 5.74) is 2.76. The SMILES string of the molecule is COCc1nn2c(nnc3c(=O)n(C4CC4)cnc32)c1-c1ccc(F)cc1. The second-order valence-corrected chi connectivity index (χ2v) is 6.56. The molecule has 0 amide bonds. The smallest absolute Gasteiger partial charge is 0.283 e. The number of aromatic nitrogens is 6. The van der Waals surface area contributed by atoms with Gasteiger partial charge in [-0.3, -0.25) is 9.36 Å². The second-order valence-electron chi connectivity index (χ2n) is 6.56. The summed E-state index contributed by atoms with van der Waals surface area (Å²) >= 11 is 0. The Hall–Kier alpha value is -3.20. The highest BCUT2D eigenvalue weighted by Gasteiger charge is 2.27. The summed E-state index contributed by atoms with van der Waals surface area (Å²) in [4.78, 5) is 17.1. The number of methoxy groups -OCH3 is 1. The lowest BCUT2D eigenvalue weighted by Crippen LogP contribution is -2.22. The molecule has 27 heavy (non-hydrogen) atoms. The Kier molecular flexibility index (Phi) is 3.51. The monoisotopic (exact) mass is 366 g/mol. The highest BCUT2D eigenvalue weighted by molar-refractivity contribution is 5.83. The van der Waals surface area contributed by atoms with Crippen molar-refractivity contribution in [1.29, 1.82) is 0 Å². The lowest BCUT2D eigenvalue weighted by atomic mass is 10.1. The van der Waals surface area contributed by atoms with E-state index in [2.05, 4.69) is 20.3 Å². The average molecular weight is 366 g/mol. The summed E-state index contributed by atoms with van der Waals surface area (Å²) in [6.45, 7) is 0.233. The summed E-state index contributed by atoms with van der Waals surface area (Å²) in [7, 11) is 1.56. The van der Waals surface area contributed by atoms with Crippen LogP contribution < -0.4 is 5.56 Å². The first-order valence-electron chi connectivity index (χ1n) is 8.57. The molecule has 0 unspecified atom stereocenters. The van der Waals surface area contributed by atoms with Crippen LogP contribution in [0.2, 0.25) is 0 Å². The van der Waals surface area contributed by atoms with E-state index >= 15 is 0 Å². The summed E-state index contributed by atoms with van der Waals surface area (Å²) in [6, 6.07) is 6.24. The highest BCUT2D eigenvalue weighted by atomic mass is 19.1. The van der Waals surface area contributed by atoms with Crippen molar-refractivity contribution in [3.8, 4) is 11.1 Å². The fourth-order valence-electron chi connectivity index (χ4n) is 3.24. The van der Waals surface area contributed by atoms with Gasteiger partial charge in [0.2, 0.25) is 0 Å². The summed E-state index contributed by atoms with van der Waals surface area (Å²) in [5.74, 6) is -0.331. The van der Waals surface area contributed by atoms with Gasteiger partial charge >= 0.3 is 0 Å². The third kappa shape index (κ3) is 2.50. The van der Waals surface area contributed by atoms with E-state index in [1.54, 1.807) is 30.1 Å². The maximum Gasteiger partial charge on any atom is 0.283 e. The largest absolute Gasteiger partial charge is 0.378 e. The van der Waals surface area contributed by atoms with Crippen molar-refractivity contribution >= 4 is 16.8 Å². The maximum atomic E-state index is 13.3. The summed E-state index contributed by atoms with van der Waals surface area (Å²) in [5, 5.41) is 12.9. The minimum Gasteiger partial charge on any atom is -0.378 e. The second kappa shape index (κ2) is 5.92. The summed E-state index contributed by atoms with van der Waals surface area (Å²) in [6.07, 6.45) is 3.48. The Balaban J connectivity index is 1.80. The molecular weight excluding hydrogens is 351 g/mol. The minimum absolute atomic E-state index is 0.175. The molecule has 0 bridgehead atoms. The van der Waals surface area contributed by atoms with Crippen molar-refractivity contribution in [2.75, 3.05) is 7.11 Å². The molecule has 0 aliphatic heterocycles. The normalized spacial score (nSPS) is 14.3. The number of hydrogen-bond acceptors (Lipinski definition) is 6. The molecule has 1 aliphatic carbocycles. The zero-order valence-electron chi connectivity index (χ0n) is 14.5. The number of nitrogens with zero attached hydrogens (tertiary/aromatic N) is 6. The topological polar surface area (TPSA) is 87.2 Å². The molecule has 3 aromatic heterocycles. The van der Waals surface area contributed by atoms with Crippen LogP contribution >= 0.6 is 0 Å². The molecule has 5 rings (SSSR count). The predicted molar refractivity (Wildman–Crippen MR) is 94.7 cm³/mol. The Labute approximate surface area is 152 Å². The standard InChI is InChI=1S/C18H15FN6O2/c1-27-8-13-14(10-2-4-11(19)5-3-10)16-22-21-15-17(25(16)23-13)20-9-24(18(15)26)12-6-7-12/h2-5,9,12H,6-8H2,1H3. The Morgan fingerprint density at radius 3 is 2.67 bits per heavy atom. The van der Waals surface area contributed by atoms with Crippen LogP contribution in [0.5, 0.6) is 0 Å². The van der Waals surface area contributed by atoms with Crippen molar-refractivity contribution in [2.24, 2.45) is 0 Å². The zero-order valence-corrected chi connectivity index (χ0v) is 14.5. The first-order valence-corrected chi connectivity index (χ1v) is 8.57. The van der Waals surface area contributed by atoms with Crippen LogP contribution in [-0.2, 0) is 11.3 Å². The van der Waals surface area contributed by atoms with E-state index in [-0.39, 0.29) is 29.5 Å². The Morgan fingerprint density at radius 2 is 1.96 bits per heavy atom. The highest BCUT2D eigenvalue weighted by Crippen LogP contribution is 2.33. The van der Waals surface area contributed by atoms with Gasteiger partial charge in [-0.2, -0.15) is 9.61 Å².